The number of benzene rings is 1. The van der Waals surface area contributed by atoms with E-state index in [1.165, 1.54) is 12.1 Å². The van der Waals surface area contributed by atoms with Crippen molar-refractivity contribution in [2.75, 3.05) is 13.2 Å². The SMILES string of the molecule is NC(Cc1cc2c(cc1C(F)F)OCCCO2)C(=O)O. The number of rotatable bonds is 4. The number of hydrogen-bond donors (Lipinski definition) is 2. The van der Waals surface area contributed by atoms with Crippen molar-refractivity contribution in [1.82, 2.24) is 0 Å². The molecule has 0 spiro atoms. The summed E-state index contributed by atoms with van der Waals surface area (Å²) in [5, 5.41) is 8.79. The fraction of sp³-hybridized carbons (Fsp3) is 0.462. The van der Waals surface area contributed by atoms with Crippen LogP contribution >= 0.6 is 0 Å². The summed E-state index contributed by atoms with van der Waals surface area (Å²) in [6.45, 7) is 0.815. The molecule has 0 fully saturated rings. The Balaban J connectivity index is 2.38. The van der Waals surface area contributed by atoms with Crippen LogP contribution in [-0.4, -0.2) is 30.3 Å². The molecule has 1 atom stereocenters. The van der Waals surface area contributed by atoms with E-state index in [-0.39, 0.29) is 23.3 Å². The number of carbonyl (C=O) groups is 1. The first-order chi connectivity index (χ1) is 9.49. The first-order valence-corrected chi connectivity index (χ1v) is 6.18. The predicted molar refractivity (Wildman–Crippen MR) is 66.3 cm³/mol. The van der Waals surface area contributed by atoms with Gasteiger partial charge in [-0.05, 0) is 24.1 Å². The molecule has 0 radical (unpaired) electrons. The van der Waals surface area contributed by atoms with Crippen LogP contribution in [0.1, 0.15) is 24.0 Å². The molecule has 0 amide bonds. The van der Waals surface area contributed by atoms with Crippen LogP contribution in [0.2, 0.25) is 0 Å². The molecule has 1 aliphatic rings. The van der Waals surface area contributed by atoms with Crippen molar-refractivity contribution in [2.45, 2.75) is 25.3 Å². The van der Waals surface area contributed by atoms with E-state index >= 15 is 0 Å². The summed E-state index contributed by atoms with van der Waals surface area (Å²) in [7, 11) is 0. The second kappa shape index (κ2) is 6.04. The zero-order valence-corrected chi connectivity index (χ0v) is 10.6. The van der Waals surface area contributed by atoms with E-state index in [1.807, 2.05) is 0 Å². The van der Waals surface area contributed by atoms with Crippen molar-refractivity contribution in [2.24, 2.45) is 5.73 Å². The number of aliphatic carboxylic acids is 1. The summed E-state index contributed by atoms with van der Waals surface area (Å²) in [6, 6.07) is 1.36. The Bertz CT molecular complexity index is 507. The number of ether oxygens (including phenoxy) is 2. The second-order valence-electron chi connectivity index (χ2n) is 4.50. The number of carboxylic acids is 1. The highest BCUT2D eigenvalue weighted by molar-refractivity contribution is 5.73. The van der Waals surface area contributed by atoms with Crippen molar-refractivity contribution in [3.05, 3.63) is 23.3 Å². The van der Waals surface area contributed by atoms with Gasteiger partial charge in [-0.2, -0.15) is 0 Å². The van der Waals surface area contributed by atoms with E-state index in [2.05, 4.69) is 0 Å². The van der Waals surface area contributed by atoms with Crippen LogP contribution in [0.4, 0.5) is 8.78 Å². The Morgan fingerprint density at radius 2 is 1.90 bits per heavy atom. The molecular formula is C13H15F2NO4. The highest BCUT2D eigenvalue weighted by Gasteiger charge is 2.23. The summed E-state index contributed by atoms with van der Waals surface area (Å²) in [6.07, 6.45) is -2.27. The largest absolute Gasteiger partial charge is 0.490 e. The zero-order chi connectivity index (χ0) is 14.7. The molecule has 1 heterocycles. The average Bonchev–Trinajstić information content (AvgIpc) is 2.62. The lowest BCUT2D eigenvalue weighted by Crippen LogP contribution is -2.32. The molecule has 1 aromatic rings. The average molecular weight is 287 g/mol. The lowest BCUT2D eigenvalue weighted by molar-refractivity contribution is -0.138. The maximum atomic E-state index is 13.1. The minimum Gasteiger partial charge on any atom is -0.490 e. The minimum atomic E-state index is -2.73. The van der Waals surface area contributed by atoms with Crippen LogP contribution in [-0.2, 0) is 11.2 Å². The molecule has 1 unspecified atom stereocenters. The number of hydrogen-bond acceptors (Lipinski definition) is 4. The topological polar surface area (TPSA) is 81.8 Å². The maximum absolute atomic E-state index is 13.1. The normalized spacial score (nSPS) is 15.8. The molecule has 7 heteroatoms. The van der Waals surface area contributed by atoms with Crippen molar-refractivity contribution < 1.29 is 28.2 Å². The zero-order valence-electron chi connectivity index (χ0n) is 10.6. The molecule has 0 saturated carbocycles. The molecule has 1 aromatic carbocycles. The Morgan fingerprint density at radius 3 is 2.45 bits per heavy atom. The molecule has 20 heavy (non-hydrogen) atoms. The first kappa shape index (κ1) is 14.5. The molecule has 0 aromatic heterocycles. The molecule has 110 valence electrons. The third-order valence-electron chi connectivity index (χ3n) is 3.00. The van der Waals surface area contributed by atoms with Gasteiger partial charge in [-0.15, -0.1) is 0 Å². The molecule has 0 aliphatic carbocycles. The number of halogens is 2. The molecule has 5 nitrogen and oxygen atoms in total. The molecular weight excluding hydrogens is 272 g/mol. The van der Waals surface area contributed by atoms with Gasteiger partial charge in [-0.25, -0.2) is 8.78 Å². The third-order valence-corrected chi connectivity index (χ3v) is 3.00. The van der Waals surface area contributed by atoms with E-state index in [0.29, 0.717) is 25.4 Å². The van der Waals surface area contributed by atoms with E-state index in [4.69, 9.17) is 20.3 Å². The summed E-state index contributed by atoms with van der Waals surface area (Å²) >= 11 is 0. The molecule has 2 rings (SSSR count). The monoisotopic (exact) mass is 287 g/mol. The van der Waals surface area contributed by atoms with Crippen LogP contribution in [0.3, 0.4) is 0 Å². The van der Waals surface area contributed by atoms with Gasteiger partial charge >= 0.3 is 5.97 Å². The highest BCUT2D eigenvalue weighted by atomic mass is 19.3. The Labute approximate surface area is 114 Å². The van der Waals surface area contributed by atoms with Crippen molar-refractivity contribution >= 4 is 5.97 Å². The molecule has 1 aliphatic heterocycles. The second-order valence-corrected chi connectivity index (χ2v) is 4.50. The van der Waals surface area contributed by atoms with Crippen LogP contribution in [0, 0.1) is 0 Å². The van der Waals surface area contributed by atoms with Gasteiger partial charge in [0.2, 0.25) is 0 Å². The van der Waals surface area contributed by atoms with Gasteiger partial charge in [0.25, 0.3) is 6.43 Å². The fourth-order valence-electron chi connectivity index (χ4n) is 1.97. The lowest BCUT2D eigenvalue weighted by Gasteiger charge is -2.15. The Kier molecular flexibility index (Phi) is 4.39. The van der Waals surface area contributed by atoms with Crippen LogP contribution < -0.4 is 15.2 Å². The Morgan fingerprint density at radius 1 is 1.30 bits per heavy atom. The Hall–Kier alpha value is -1.89. The standard InChI is InChI=1S/C13H15F2NO4/c14-12(15)8-6-11-10(19-2-1-3-20-11)5-7(8)4-9(16)13(17)18/h5-6,9,12H,1-4,16H2,(H,17,18). The molecule has 0 bridgehead atoms. The van der Waals surface area contributed by atoms with Gasteiger partial charge in [0.15, 0.2) is 11.5 Å². The van der Waals surface area contributed by atoms with Gasteiger partial charge in [0, 0.05) is 12.0 Å². The van der Waals surface area contributed by atoms with Crippen LogP contribution in [0.5, 0.6) is 11.5 Å². The summed E-state index contributed by atoms with van der Waals surface area (Å²) in [5.74, 6) is -0.637. The first-order valence-electron chi connectivity index (χ1n) is 6.18. The smallest absolute Gasteiger partial charge is 0.320 e. The highest BCUT2D eigenvalue weighted by Crippen LogP contribution is 2.37. The van der Waals surface area contributed by atoms with Crippen molar-refractivity contribution in [3.8, 4) is 11.5 Å². The molecule has 0 saturated heterocycles. The van der Waals surface area contributed by atoms with Gasteiger partial charge in [0.05, 0.1) is 13.2 Å². The number of fused-ring (bicyclic) bond motifs is 1. The van der Waals surface area contributed by atoms with Gasteiger partial charge in [0.1, 0.15) is 6.04 Å². The quantitative estimate of drug-likeness (QED) is 0.881. The third kappa shape index (κ3) is 3.16. The summed E-state index contributed by atoms with van der Waals surface area (Å²) in [5.41, 5.74) is 5.30. The van der Waals surface area contributed by atoms with E-state index in [0.717, 1.165) is 0 Å². The summed E-state index contributed by atoms with van der Waals surface area (Å²) in [4.78, 5) is 10.8. The van der Waals surface area contributed by atoms with Crippen LogP contribution in [0.15, 0.2) is 12.1 Å². The number of carboxylic acid groups (broad SMARTS) is 1. The van der Waals surface area contributed by atoms with E-state index < -0.39 is 18.4 Å². The fourth-order valence-corrected chi connectivity index (χ4v) is 1.97. The minimum absolute atomic E-state index is 0.166. The summed E-state index contributed by atoms with van der Waals surface area (Å²) < 4.78 is 36.9. The van der Waals surface area contributed by atoms with E-state index in [1.54, 1.807) is 0 Å². The maximum Gasteiger partial charge on any atom is 0.320 e. The number of alkyl halides is 2. The van der Waals surface area contributed by atoms with Gasteiger partial charge in [-0.3, -0.25) is 4.79 Å². The van der Waals surface area contributed by atoms with Crippen LogP contribution in [0.25, 0.3) is 0 Å². The lowest BCUT2D eigenvalue weighted by atomic mass is 9.99. The molecule has 3 N–H and O–H groups in total. The van der Waals surface area contributed by atoms with Gasteiger partial charge in [-0.1, -0.05) is 0 Å². The van der Waals surface area contributed by atoms with Crippen molar-refractivity contribution in [1.29, 1.82) is 0 Å². The van der Waals surface area contributed by atoms with Gasteiger partial charge < -0.3 is 20.3 Å². The van der Waals surface area contributed by atoms with E-state index in [9.17, 15) is 13.6 Å². The van der Waals surface area contributed by atoms with Crippen molar-refractivity contribution in [3.63, 3.8) is 0 Å². The number of nitrogens with two attached hydrogens (primary N) is 1. The predicted octanol–water partition coefficient (Wildman–Crippen LogP) is 1.74.